The van der Waals surface area contributed by atoms with Crippen LogP contribution in [0.4, 0.5) is 4.79 Å². The molecule has 0 saturated carbocycles. The molecular weight excluding hydrogens is 573 g/mol. The number of hydrogen-bond donors (Lipinski definition) is 2. The largest absolute Gasteiger partial charge is 0.508 e. The highest BCUT2D eigenvalue weighted by molar-refractivity contribution is 6.43. The molecule has 0 spiro atoms. The van der Waals surface area contributed by atoms with E-state index in [0.29, 0.717) is 23.5 Å². The van der Waals surface area contributed by atoms with E-state index in [1.165, 1.54) is 0 Å². The number of rotatable bonds is 8. The Labute approximate surface area is 261 Å². The third-order valence-electron chi connectivity index (χ3n) is 8.88. The molecule has 3 aromatic rings. The number of fused-ring (bicyclic) bond motifs is 3. The molecule has 0 unspecified atom stereocenters. The highest BCUT2D eigenvalue weighted by Crippen LogP contribution is 2.51. The smallest absolute Gasteiger partial charge is 0.455 e. The van der Waals surface area contributed by atoms with Crippen LogP contribution in [0.25, 0.3) is 11.6 Å². The molecule has 2 saturated heterocycles. The minimum absolute atomic E-state index is 0.116. The summed E-state index contributed by atoms with van der Waals surface area (Å²) >= 11 is 0. The molecule has 0 aromatic heterocycles. The molecule has 9 nitrogen and oxygen atoms in total. The van der Waals surface area contributed by atoms with Crippen LogP contribution in [0.2, 0.25) is 6.32 Å². The van der Waals surface area contributed by atoms with Crippen LogP contribution in [0.3, 0.4) is 0 Å². The predicted molar refractivity (Wildman–Crippen MR) is 168 cm³/mol. The van der Waals surface area contributed by atoms with E-state index in [1.54, 1.807) is 12.1 Å². The Balaban J connectivity index is 1.35. The maximum Gasteiger partial charge on any atom is 0.455 e. The topological polar surface area (TPSA) is 123 Å². The Bertz CT molecular complexity index is 1620. The number of methoxy groups -OCH3 is 1. The highest BCUT2D eigenvalue weighted by Gasteiger charge is 2.59. The van der Waals surface area contributed by atoms with Gasteiger partial charge < -0.3 is 24.3 Å². The van der Waals surface area contributed by atoms with Crippen molar-refractivity contribution in [2.45, 2.75) is 31.7 Å². The first kappa shape index (κ1) is 30.4. The molecule has 2 fully saturated rings. The van der Waals surface area contributed by atoms with Crippen LogP contribution < -0.4 is 4.74 Å². The van der Waals surface area contributed by atoms with Crippen molar-refractivity contribution in [3.63, 3.8) is 0 Å². The zero-order valence-electron chi connectivity index (χ0n) is 24.9. The first-order valence-electron chi connectivity index (χ1n) is 15.1. The molecule has 2 aliphatic heterocycles. The van der Waals surface area contributed by atoms with Crippen LogP contribution >= 0.6 is 0 Å². The third-order valence-corrected chi connectivity index (χ3v) is 8.88. The number of amides is 3. The lowest BCUT2D eigenvalue weighted by Crippen LogP contribution is -2.46. The summed E-state index contributed by atoms with van der Waals surface area (Å²) in [5.74, 6) is -2.44. The van der Waals surface area contributed by atoms with Crippen LogP contribution in [0.5, 0.6) is 11.5 Å². The predicted octanol–water partition coefficient (Wildman–Crippen LogP) is 5.36. The Hall–Kier alpha value is -4.67. The van der Waals surface area contributed by atoms with E-state index in [0.717, 1.165) is 35.0 Å². The molecule has 3 aliphatic rings. The average Bonchev–Trinajstić information content (AvgIpc) is 3.31. The maximum absolute atomic E-state index is 13.6. The second kappa shape index (κ2) is 13.1. The molecule has 45 heavy (non-hydrogen) atoms. The highest BCUT2D eigenvalue weighted by atomic mass is 16.5. The number of nitrogens with zero attached hydrogens (tertiary/aromatic N) is 1. The molecule has 2 N–H and O–H groups in total. The maximum atomic E-state index is 13.6. The van der Waals surface area contributed by atoms with E-state index < -0.39 is 48.9 Å². The number of para-hydroxylation sites is 1. The summed E-state index contributed by atoms with van der Waals surface area (Å²) in [6, 6.07) is 26.2. The van der Waals surface area contributed by atoms with Crippen molar-refractivity contribution in [3.05, 3.63) is 107 Å². The summed E-state index contributed by atoms with van der Waals surface area (Å²) in [5, 5.41) is 20.7. The van der Waals surface area contributed by atoms with E-state index in [9.17, 15) is 24.5 Å². The van der Waals surface area contributed by atoms with Crippen molar-refractivity contribution in [2.24, 2.45) is 17.8 Å². The van der Waals surface area contributed by atoms with Gasteiger partial charge in [-0.2, -0.15) is 4.90 Å². The Morgan fingerprint density at radius 2 is 1.67 bits per heavy atom. The van der Waals surface area contributed by atoms with Gasteiger partial charge in [0.2, 0.25) is 11.8 Å². The van der Waals surface area contributed by atoms with Crippen molar-refractivity contribution < 1.29 is 38.6 Å². The average molecular weight is 607 g/mol. The number of likely N-dealkylation sites (tertiary alicyclic amines) is 1. The lowest BCUT2D eigenvalue weighted by molar-refractivity contribution is -0.137. The summed E-state index contributed by atoms with van der Waals surface area (Å²) in [6.45, 7) is 0.170. The molecular formula is C35H34BNO8. The summed E-state index contributed by atoms with van der Waals surface area (Å²) in [4.78, 5) is 40.1. The number of allylic oxidation sites excluding steroid dienone is 1. The van der Waals surface area contributed by atoms with E-state index in [4.69, 9.17) is 14.1 Å². The lowest BCUT2D eigenvalue weighted by atomic mass is 9.58. The van der Waals surface area contributed by atoms with Gasteiger partial charge in [0.15, 0.2) is 0 Å². The van der Waals surface area contributed by atoms with Crippen LogP contribution in [-0.2, 0) is 19.0 Å². The van der Waals surface area contributed by atoms with Crippen molar-refractivity contribution in [1.29, 1.82) is 0 Å². The number of hydrogen-bond acceptors (Lipinski definition) is 8. The molecule has 3 aromatic carbocycles. The van der Waals surface area contributed by atoms with Gasteiger partial charge in [-0.15, -0.1) is 0 Å². The van der Waals surface area contributed by atoms with Crippen LogP contribution in [-0.4, -0.2) is 59.9 Å². The number of imide groups is 3. The van der Waals surface area contributed by atoms with Gasteiger partial charge in [-0.1, -0.05) is 66.7 Å². The number of aromatic hydroxyl groups is 1. The molecule has 230 valence electrons. The van der Waals surface area contributed by atoms with Gasteiger partial charge in [-0.05, 0) is 83.6 Å². The first-order chi connectivity index (χ1) is 21.8. The number of phenolic OH excluding ortho intramolecular Hbond substituents is 1. The zero-order chi connectivity index (χ0) is 31.5. The lowest BCUT2D eigenvalue weighted by Gasteiger charge is -2.43. The molecule has 2 heterocycles. The number of phenols is 1. The first-order valence-corrected chi connectivity index (χ1v) is 15.1. The van der Waals surface area contributed by atoms with Gasteiger partial charge in [-0.25, -0.2) is 4.79 Å². The van der Waals surface area contributed by atoms with E-state index in [2.05, 4.69) is 6.08 Å². The molecule has 10 heteroatoms. The Kier molecular flexibility index (Phi) is 8.86. The summed E-state index contributed by atoms with van der Waals surface area (Å²) < 4.78 is 17.1. The number of ether oxygens (including phenoxy) is 2. The molecule has 1 aliphatic carbocycles. The standard InChI is InChI=1S/C35H34BNO8/c1-43-35(41)37-33(39)28-19-25(21-44-27-10-6-3-7-11-27)31-29(32(28)34(37)40)20-36(42)45-30(31)17-14-24(23-8-4-2-5-9-23)18-22-12-15-26(38)16-13-22/h2-13,15-16,18,28-30,32,38,42H,14,17,19-21H2,1H3/b24-18-/t28-,29+,30-,32-/m1/s1. The quantitative estimate of drug-likeness (QED) is 0.152. The van der Waals surface area contributed by atoms with E-state index >= 15 is 0 Å². The molecule has 6 rings (SSSR count). The van der Waals surface area contributed by atoms with Gasteiger partial charge in [0, 0.05) is 0 Å². The van der Waals surface area contributed by atoms with Gasteiger partial charge in [0.05, 0.1) is 25.0 Å². The van der Waals surface area contributed by atoms with Crippen LogP contribution in [0.1, 0.15) is 30.4 Å². The van der Waals surface area contributed by atoms with Crippen molar-refractivity contribution in [2.75, 3.05) is 13.7 Å². The van der Waals surface area contributed by atoms with Crippen molar-refractivity contribution in [3.8, 4) is 11.5 Å². The van der Waals surface area contributed by atoms with E-state index in [1.807, 2.05) is 72.8 Å². The SMILES string of the molecule is COC(=O)N1C(=O)[C@@H]2[C@@H](CC(COc3ccccc3)=C3[C@@H](CC/C(=C/c4ccc(O)cc4)c4ccccc4)OB(O)C[C@@H]32)C1=O. The van der Waals surface area contributed by atoms with Crippen LogP contribution in [0.15, 0.2) is 96.1 Å². The summed E-state index contributed by atoms with van der Waals surface area (Å²) in [6.07, 6.45) is 1.90. The molecule has 0 bridgehead atoms. The van der Waals surface area contributed by atoms with E-state index in [-0.39, 0.29) is 25.1 Å². The fourth-order valence-corrected chi connectivity index (χ4v) is 6.87. The normalized spacial score (nSPS) is 23.1. The van der Waals surface area contributed by atoms with Gasteiger partial charge in [-0.3, -0.25) is 9.59 Å². The summed E-state index contributed by atoms with van der Waals surface area (Å²) in [7, 11) is -0.0205. The fourth-order valence-electron chi connectivity index (χ4n) is 6.87. The van der Waals surface area contributed by atoms with Gasteiger partial charge in [0.1, 0.15) is 18.1 Å². The summed E-state index contributed by atoms with van der Waals surface area (Å²) in [5.41, 5.74) is 4.65. The number of carbonyl (C=O) groups excluding carboxylic acids is 3. The third kappa shape index (κ3) is 6.29. The van der Waals surface area contributed by atoms with Crippen molar-refractivity contribution in [1.82, 2.24) is 4.90 Å². The number of benzene rings is 3. The molecule has 4 atom stereocenters. The second-order valence-corrected chi connectivity index (χ2v) is 11.6. The van der Waals surface area contributed by atoms with Gasteiger partial charge in [0.25, 0.3) is 0 Å². The Morgan fingerprint density at radius 3 is 2.36 bits per heavy atom. The minimum Gasteiger partial charge on any atom is -0.508 e. The van der Waals surface area contributed by atoms with Gasteiger partial charge >= 0.3 is 13.2 Å². The molecule has 3 amide bonds. The fraction of sp³-hybridized carbons (Fsp3) is 0.286. The second-order valence-electron chi connectivity index (χ2n) is 11.6. The Morgan fingerprint density at radius 1 is 0.978 bits per heavy atom. The minimum atomic E-state index is -1.16. The molecule has 0 radical (unpaired) electrons. The zero-order valence-corrected chi connectivity index (χ0v) is 24.9. The number of carbonyl (C=O) groups is 3. The van der Waals surface area contributed by atoms with Crippen molar-refractivity contribution >= 4 is 36.7 Å². The van der Waals surface area contributed by atoms with Crippen LogP contribution in [0, 0.1) is 17.8 Å². The monoisotopic (exact) mass is 607 g/mol.